The monoisotopic (exact) mass is 348 g/mol. The van der Waals surface area contributed by atoms with Gasteiger partial charge in [-0.1, -0.05) is 6.42 Å². The van der Waals surface area contributed by atoms with Crippen molar-refractivity contribution in [3.8, 4) is 0 Å². The Morgan fingerprint density at radius 2 is 2.04 bits per heavy atom. The van der Waals surface area contributed by atoms with Gasteiger partial charge in [0.2, 0.25) is 5.91 Å². The third kappa shape index (κ3) is 3.14. The van der Waals surface area contributed by atoms with Gasteiger partial charge in [0.25, 0.3) is 0 Å². The summed E-state index contributed by atoms with van der Waals surface area (Å²) >= 11 is 1.69. The van der Waals surface area contributed by atoms with Crippen LogP contribution in [0.1, 0.15) is 50.7 Å². The summed E-state index contributed by atoms with van der Waals surface area (Å²) in [5.41, 5.74) is 7.59. The number of nitrogens with zero attached hydrogens (tertiary/aromatic N) is 1. The van der Waals surface area contributed by atoms with Crippen molar-refractivity contribution in [1.29, 1.82) is 0 Å². The minimum Gasteiger partial charge on any atom is -0.367 e. The maximum absolute atomic E-state index is 13.2. The molecule has 1 saturated heterocycles. The molecule has 1 amide bonds. The molecule has 3 aliphatic rings. The lowest BCUT2D eigenvalue weighted by Gasteiger charge is -2.45. The molecule has 1 aromatic heterocycles. The highest BCUT2D eigenvalue weighted by Gasteiger charge is 2.42. The van der Waals surface area contributed by atoms with Crippen molar-refractivity contribution in [2.24, 2.45) is 23.5 Å². The lowest BCUT2D eigenvalue weighted by atomic mass is 9.65. The average molecular weight is 349 g/mol. The zero-order chi connectivity index (χ0) is 16.7. The molecule has 5 heteroatoms. The fourth-order valence-electron chi connectivity index (χ4n) is 5.02. The Hall–Kier alpha value is -0.910. The molecule has 4 atom stereocenters. The van der Waals surface area contributed by atoms with E-state index in [0.29, 0.717) is 30.3 Å². The number of ether oxygens (including phenoxy) is 1. The van der Waals surface area contributed by atoms with E-state index in [1.807, 2.05) is 0 Å². The Labute approximate surface area is 148 Å². The molecule has 3 fully saturated rings. The third-order valence-electron chi connectivity index (χ3n) is 6.25. The molecule has 0 radical (unpaired) electrons. The molecule has 1 aromatic rings. The summed E-state index contributed by atoms with van der Waals surface area (Å²) in [4.78, 5) is 15.2. The van der Waals surface area contributed by atoms with Crippen LogP contribution in [0.4, 0.5) is 0 Å². The minimum absolute atomic E-state index is 0.0225. The predicted octanol–water partition coefficient (Wildman–Crippen LogP) is 3.19. The van der Waals surface area contributed by atoms with Gasteiger partial charge >= 0.3 is 0 Å². The van der Waals surface area contributed by atoms with Crippen LogP contribution >= 0.6 is 11.3 Å². The summed E-state index contributed by atoms with van der Waals surface area (Å²) < 4.78 is 6.08. The van der Waals surface area contributed by atoms with E-state index in [1.165, 1.54) is 24.8 Å². The molecular formula is C19H28N2O2S. The maximum Gasteiger partial charge on any atom is 0.225 e. The highest BCUT2D eigenvalue weighted by molar-refractivity contribution is 7.07. The molecule has 2 N–H and O–H groups in total. The highest BCUT2D eigenvalue weighted by atomic mass is 32.1. The number of fused-ring (bicyclic) bond motifs is 2. The van der Waals surface area contributed by atoms with Crippen molar-refractivity contribution in [3.05, 3.63) is 22.4 Å². The number of carbonyl (C=O) groups excluding carboxylic acids is 1. The van der Waals surface area contributed by atoms with Crippen LogP contribution in [0.2, 0.25) is 0 Å². The van der Waals surface area contributed by atoms with Gasteiger partial charge in [0.05, 0.1) is 12.6 Å². The Morgan fingerprint density at radius 3 is 2.71 bits per heavy atom. The van der Waals surface area contributed by atoms with Crippen molar-refractivity contribution >= 4 is 17.2 Å². The van der Waals surface area contributed by atoms with Crippen molar-refractivity contribution in [3.63, 3.8) is 0 Å². The number of amides is 1. The lowest BCUT2D eigenvalue weighted by Crippen LogP contribution is -2.52. The van der Waals surface area contributed by atoms with E-state index in [2.05, 4.69) is 28.7 Å². The van der Waals surface area contributed by atoms with E-state index in [0.717, 1.165) is 19.4 Å². The summed E-state index contributed by atoms with van der Waals surface area (Å²) in [5, 5.41) is 4.21. The molecule has 2 heterocycles. The van der Waals surface area contributed by atoms with Gasteiger partial charge in [-0.2, -0.15) is 11.3 Å². The quantitative estimate of drug-likeness (QED) is 0.893. The second kappa shape index (κ2) is 6.77. The first-order valence-corrected chi connectivity index (χ1v) is 10.3. The van der Waals surface area contributed by atoms with Crippen molar-refractivity contribution in [2.45, 2.75) is 57.3 Å². The van der Waals surface area contributed by atoms with Crippen molar-refractivity contribution < 1.29 is 9.53 Å². The minimum atomic E-state index is 0.0225. The van der Waals surface area contributed by atoms with E-state index >= 15 is 0 Å². The summed E-state index contributed by atoms with van der Waals surface area (Å²) in [6.45, 7) is 3.49. The lowest BCUT2D eigenvalue weighted by molar-refractivity contribution is -0.151. The summed E-state index contributed by atoms with van der Waals surface area (Å²) in [6.07, 6.45) is 5.80. The number of rotatable bonds is 2. The van der Waals surface area contributed by atoms with Crippen LogP contribution in [0.5, 0.6) is 0 Å². The second-order valence-electron chi connectivity index (χ2n) is 7.93. The summed E-state index contributed by atoms with van der Waals surface area (Å²) in [5.74, 6) is 1.62. The van der Waals surface area contributed by atoms with E-state index in [4.69, 9.17) is 10.5 Å². The van der Waals surface area contributed by atoms with Gasteiger partial charge in [-0.25, -0.2) is 0 Å². The SMILES string of the molecule is CC1CN(C(=O)C2CC3CCCC(C2)C3N)CC(c2ccsc2)O1. The maximum atomic E-state index is 13.2. The number of hydrogen-bond donors (Lipinski definition) is 1. The van der Waals surface area contributed by atoms with Crippen LogP contribution in [0.3, 0.4) is 0 Å². The molecule has 4 nitrogen and oxygen atoms in total. The molecule has 2 bridgehead atoms. The number of morpholine rings is 1. The molecule has 4 rings (SSSR count). The molecule has 2 aliphatic carbocycles. The Balaban J connectivity index is 1.45. The van der Waals surface area contributed by atoms with E-state index in [1.54, 1.807) is 11.3 Å². The molecule has 132 valence electrons. The zero-order valence-corrected chi connectivity index (χ0v) is 15.2. The average Bonchev–Trinajstić information content (AvgIpc) is 3.08. The largest absolute Gasteiger partial charge is 0.367 e. The Bertz CT molecular complexity index is 562. The first-order chi connectivity index (χ1) is 11.6. The van der Waals surface area contributed by atoms with Gasteiger partial charge in [0.15, 0.2) is 0 Å². The number of hydrogen-bond acceptors (Lipinski definition) is 4. The fourth-order valence-corrected chi connectivity index (χ4v) is 5.72. The molecule has 4 unspecified atom stereocenters. The van der Waals surface area contributed by atoms with E-state index < -0.39 is 0 Å². The zero-order valence-electron chi connectivity index (χ0n) is 14.4. The molecule has 2 saturated carbocycles. The standard InChI is InChI=1S/C19H28N2O2S/c1-12-9-21(10-17(23-12)15-5-6-24-11-15)19(22)16-7-13-3-2-4-14(8-16)18(13)20/h5-6,11-14,16-18H,2-4,7-10,20H2,1H3. The Kier molecular flexibility index (Phi) is 4.67. The summed E-state index contributed by atoms with van der Waals surface area (Å²) in [7, 11) is 0. The highest BCUT2D eigenvalue weighted by Crippen LogP contribution is 2.42. The molecule has 24 heavy (non-hydrogen) atoms. The Morgan fingerprint density at radius 1 is 1.29 bits per heavy atom. The van der Waals surface area contributed by atoms with Gasteiger partial charge in [-0.3, -0.25) is 4.79 Å². The van der Waals surface area contributed by atoms with Crippen molar-refractivity contribution in [1.82, 2.24) is 4.90 Å². The van der Waals surface area contributed by atoms with Crippen LogP contribution < -0.4 is 5.73 Å². The molecule has 1 aliphatic heterocycles. The molecule has 0 spiro atoms. The normalized spacial score (nSPS) is 39.7. The molecule has 0 aromatic carbocycles. The van der Waals surface area contributed by atoms with E-state index in [9.17, 15) is 4.79 Å². The smallest absolute Gasteiger partial charge is 0.225 e. The van der Waals surface area contributed by atoms with Crippen molar-refractivity contribution in [2.75, 3.05) is 13.1 Å². The van der Waals surface area contributed by atoms with Crippen LogP contribution in [-0.4, -0.2) is 36.0 Å². The second-order valence-corrected chi connectivity index (χ2v) is 8.71. The van der Waals surface area contributed by atoms with Gasteiger partial charge < -0.3 is 15.4 Å². The first-order valence-electron chi connectivity index (χ1n) is 9.33. The van der Waals surface area contributed by atoms with Gasteiger partial charge in [-0.15, -0.1) is 0 Å². The topological polar surface area (TPSA) is 55.6 Å². The number of thiophene rings is 1. The first kappa shape index (κ1) is 16.6. The van der Waals surface area contributed by atoms with E-state index in [-0.39, 0.29) is 18.1 Å². The predicted molar refractivity (Wildman–Crippen MR) is 95.7 cm³/mol. The van der Waals surface area contributed by atoms with Gasteiger partial charge in [0, 0.05) is 18.5 Å². The number of carbonyl (C=O) groups is 1. The van der Waals surface area contributed by atoms with Crippen LogP contribution in [0.15, 0.2) is 16.8 Å². The molecular weight excluding hydrogens is 320 g/mol. The summed E-state index contributed by atoms with van der Waals surface area (Å²) in [6, 6.07) is 2.44. The van der Waals surface area contributed by atoms with Gasteiger partial charge in [0.1, 0.15) is 6.10 Å². The van der Waals surface area contributed by atoms with Gasteiger partial charge in [-0.05, 0) is 66.8 Å². The van der Waals surface area contributed by atoms with Crippen LogP contribution in [0.25, 0.3) is 0 Å². The fraction of sp³-hybridized carbons (Fsp3) is 0.737. The van der Waals surface area contributed by atoms with Crippen LogP contribution in [-0.2, 0) is 9.53 Å². The third-order valence-corrected chi connectivity index (χ3v) is 6.95. The number of nitrogens with two attached hydrogens (primary N) is 1. The van der Waals surface area contributed by atoms with Crippen LogP contribution in [0, 0.1) is 17.8 Å².